The molecule has 3 heteroatoms. The van der Waals surface area contributed by atoms with Crippen LogP contribution in [-0.4, -0.2) is 25.3 Å². The van der Waals surface area contributed by atoms with Crippen LogP contribution in [0.2, 0.25) is 0 Å². The maximum Gasteiger partial charge on any atom is 0.330 e. The molecule has 0 aromatic heterocycles. The Labute approximate surface area is 92.5 Å². The summed E-state index contributed by atoms with van der Waals surface area (Å²) in [7, 11) is 0. The van der Waals surface area contributed by atoms with Crippen molar-refractivity contribution < 1.29 is 14.3 Å². The van der Waals surface area contributed by atoms with Crippen LogP contribution in [0.25, 0.3) is 0 Å². The number of hydrogen-bond donors (Lipinski definition) is 0. The highest BCUT2D eigenvalue weighted by Gasteiger charge is 2.19. The molecule has 0 saturated carbocycles. The SMILES string of the molecule is C=CC(=O)OCCCC.CCCC1CO1. The van der Waals surface area contributed by atoms with Gasteiger partial charge in [-0.1, -0.05) is 33.3 Å². The number of carbonyl (C=O) groups is 1. The van der Waals surface area contributed by atoms with E-state index in [1.165, 1.54) is 18.9 Å². The zero-order valence-corrected chi connectivity index (χ0v) is 9.83. The first-order chi connectivity index (χ1) is 7.24. The van der Waals surface area contributed by atoms with E-state index in [0.29, 0.717) is 12.7 Å². The summed E-state index contributed by atoms with van der Waals surface area (Å²) in [4.78, 5) is 10.3. The Hall–Kier alpha value is -0.830. The average molecular weight is 214 g/mol. The van der Waals surface area contributed by atoms with Crippen molar-refractivity contribution >= 4 is 5.97 Å². The summed E-state index contributed by atoms with van der Waals surface area (Å²) in [6.07, 6.45) is 6.33. The molecule has 0 radical (unpaired) electrons. The van der Waals surface area contributed by atoms with Crippen LogP contribution < -0.4 is 0 Å². The lowest BCUT2D eigenvalue weighted by atomic mass is 10.3. The number of hydrogen-bond acceptors (Lipinski definition) is 3. The minimum absolute atomic E-state index is 0.330. The summed E-state index contributed by atoms with van der Waals surface area (Å²) < 4.78 is 9.62. The van der Waals surface area contributed by atoms with Gasteiger partial charge in [-0.05, 0) is 12.8 Å². The number of esters is 1. The van der Waals surface area contributed by atoms with Gasteiger partial charge in [0, 0.05) is 6.08 Å². The Kier molecular flexibility index (Phi) is 9.18. The lowest BCUT2D eigenvalue weighted by Crippen LogP contribution is -2.00. The molecule has 88 valence electrons. The third-order valence-electron chi connectivity index (χ3n) is 1.92. The highest BCUT2D eigenvalue weighted by atomic mass is 16.6. The Bertz CT molecular complexity index is 174. The summed E-state index contributed by atoms with van der Waals surface area (Å²) in [6, 6.07) is 0. The average Bonchev–Trinajstić information content (AvgIpc) is 3.03. The molecule has 1 saturated heterocycles. The third kappa shape index (κ3) is 11.1. The van der Waals surface area contributed by atoms with Crippen LogP contribution in [0.15, 0.2) is 12.7 Å². The fraction of sp³-hybridized carbons (Fsp3) is 0.750. The van der Waals surface area contributed by atoms with Crippen LogP contribution in [-0.2, 0) is 14.3 Å². The van der Waals surface area contributed by atoms with E-state index in [-0.39, 0.29) is 5.97 Å². The molecule has 0 aromatic carbocycles. The van der Waals surface area contributed by atoms with Crippen molar-refractivity contribution in [1.82, 2.24) is 0 Å². The van der Waals surface area contributed by atoms with Crippen LogP contribution in [0, 0.1) is 0 Å². The van der Waals surface area contributed by atoms with E-state index >= 15 is 0 Å². The zero-order chi connectivity index (χ0) is 11.5. The molecule has 1 aliphatic heterocycles. The van der Waals surface area contributed by atoms with E-state index in [9.17, 15) is 4.79 Å². The van der Waals surface area contributed by atoms with E-state index < -0.39 is 0 Å². The predicted octanol–water partition coefficient (Wildman–Crippen LogP) is 2.70. The topological polar surface area (TPSA) is 38.8 Å². The zero-order valence-electron chi connectivity index (χ0n) is 9.83. The van der Waals surface area contributed by atoms with Gasteiger partial charge in [0.1, 0.15) is 0 Å². The van der Waals surface area contributed by atoms with Crippen molar-refractivity contribution in [3.8, 4) is 0 Å². The lowest BCUT2D eigenvalue weighted by molar-refractivity contribution is -0.137. The molecular weight excluding hydrogens is 192 g/mol. The minimum Gasteiger partial charge on any atom is -0.463 e. The molecule has 1 fully saturated rings. The minimum atomic E-state index is -0.330. The molecule has 3 nitrogen and oxygen atoms in total. The summed E-state index contributed by atoms with van der Waals surface area (Å²) in [5.74, 6) is -0.330. The standard InChI is InChI=1S/C7H12O2.C5H10O/c1-3-5-6-9-7(8)4-2;1-2-3-5-4-6-5/h4H,2-3,5-6H2,1H3;5H,2-4H2,1H3. The molecular formula is C12H22O3. The first-order valence-electron chi connectivity index (χ1n) is 5.65. The van der Waals surface area contributed by atoms with Crippen LogP contribution in [0.4, 0.5) is 0 Å². The molecule has 0 N–H and O–H groups in total. The highest BCUT2D eigenvalue weighted by molar-refractivity contribution is 5.81. The second-order valence-corrected chi connectivity index (χ2v) is 3.47. The predicted molar refractivity (Wildman–Crippen MR) is 60.7 cm³/mol. The van der Waals surface area contributed by atoms with E-state index in [0.717, 1.165) is 19.4 Å². The maximum atomic E-state index is 10.3. The van der Waals surface area contributed by atoms with Crippen molar-refractivity contribution in [3.05, 3.63) is 12.7 Å². The van der Waals surface area contributed by atoms with Gasteiger partial charge in [-0.2, -0.15) is 0 Å². The quantitative estimate of drug-likeness (QED) is 0.295. The van der Waals surface area contributed by atoms with Gasteiger partial charge in [0.2, 0.25) is 0 Å². The molecule has 1 aliphatic rings. The fourth-order valence-electron chi connectivity index (χ4n) is 0.933. The number of unbranched alkanes of at least 4 members (excludes halogenated alkanes) is 1. The van der Waals surface area contributed by atoms with Gasteiger partial charge in [-0.15, -0.1) is 0 Å². The van der Waals surface area contributed by atoms with E-state index in [1.54, 1.807) is 0 Å². The van der Waals surface area contributed by atoms with Gasteiger partial charge in [-0.3, -0.25) is 0 Å². The Morgan fingerprint density at radius 2 is 2.20 bits per heavy atom. The molecule has 0 amide bonds. The smallest absolute Gasteiger partial charge is 0.330 e. The van der Waals surface area contributed by atoms with Gasteiger partial charge in [0.15, 0.2) is 0 Å². The lowest BCUT2D eigenvalue weighted by Gasteiger charge is -1.97. The van der Waals surface area contributed by atoms with Crippen LogP contribution in [0.1, 0.15) is 39.5 Å². The molecule has 0 spiro atoms. The van der Waals surface area contributed by atoms with E-state index in [2.05, 4.69) is 18.2 Å². The molecule has 1 rings (SSSR count). The monoisotopic (exact) mass is 214 g/mol. The largest absolute Gasteiger partial charge is 0.463 e. The summed E-state index contributed by atoms with van der Waals surface area (Å²) in [5.41, 5.74) is 0. The van der Waals surface area contributed by atoms with Crippen molar-refractivity contribution in [2.45, 2.75) is 45.6 Å². The first kappa shape index (κ1) is 14.2. The van der Waals surface area contributed by atoms with Gasteiger partial charge in [-0.25, -0.2) is 4.79 Å². The van der Waals surface area contributed by atoms with E-state index in [1.807, 2.05) is 6.92 Å². The first-order valence-corrected chi connectivity index (χ1v) is 5.65. The Balaban J connectivity index is 0.000000280. The number of ether oxygens (including phenoxy) is 2. The Morgan fingerprint density at radius 1 is 1.53 bits per heavy atom. The molecule has 0 bridgehead atoms. The Morgan fingerprint density at radius 3 is 2.53 bits per heavy atom. The fourth-order valence-corrected chi connectivity index (χ4v) is 0.933. The number of epoxide rings is 1. The molecule has 0 aromatic rings. The second-order valence-electron chi connectivity index (χ2n) is 3.47. The maximum absolute atomic E-state index is 10.3. The molecule has 1 atom stereocenters. The number of rotatable bonds is 6. The molecule has 0 aliphatic carbocycles. The third-order valence-corrected chi connectivity index (χ3v) is 1.92. The van der Waals surface area contributed by atoms with Crippen LogP contribution >= 0.6 is 0 Å². The van der Waals surface area contributed by atoms with Crippen molar-refractivity contribution in [2.24, 2.45) is 0 Å². The van der Waals surface area contributed by atoms with Crippen LogP contribution in [0.3, 0.4) is 0 Å². The van der Waals surface area contributed by atoms with Gasteiger partial charge < -0.3 is 9.47 Å². The van der Waals surface area contributed by atoms with Gasteiger partial charge in [0.25, 0.3) is 0 Å². The molecule has 15 heavy (non-hydrogen) atoms. The van der Waals surface area contributed by atoms with Gasteiger partial charge >= 0.3 is 5.97 Å². The number of carbonyl (C=O) groups excluding carboxylic acids is 1. The van der Waals surface area contributed by atoms with E-state index in [4.69, 9.17) is 4.74 Å². The van der Waals surface area contributed by atoms with Crippen molar-refractivity contribution in [1.29, 1.82) is 0 Å². The molecule has 1 unspecified atom stereocenters. The summed E-state index contributed by atoms with van der Waals surface area (Å²) in [5, 5.41) is 0. The van der Waals surface area contributed by atoms with Crippen molar-refractivity contribution in [3.63, 3.8) is 0 Å². The van der Waals surface area contributed by atoms with Crippen LogP contribution in [0.5, 0.6) is 0 Å². The summed E-state index contributed by atoms with van der Waals surface area (Å²) in [6.45, 7) is 9.03. The highest BCUT2D eigenvalue weighted by Crippen LogP contribution is 2.14. The molecule has 1 heterocycles. The second kappa shape index (κ2) is 9.71. The van der Waals surface area contributed by atoms with Crippen molar-refractivity contribution in [2.75, 3.05) is 13.2 Å². The van der Waals surface area contributed by atoms with Gasteiger partial charge in [0.05, 0.1) is 19.3 Å². The normalized spacial score (nSPS) is 17.3. The summed E-state index contributed by atoms with van der Waals surface area (Å²) >= 11 is 0.